The molecule has 1 atom stereocenters. The van der Waals surface area contributed by atoms with Crippen LogP contribution >= 0.6 is 0 Å². The second-order valence-electron chi connectivity index (χ2n) is 5.29. The summed E-state index contributed by atoms with van der Waals surface area (Å²) in [5.41, 5.74) is 1.15. The Balaban J connectivity index is 0.00000191. The Kier molecular flexibility index (Phi) is 11.9. The van der Waals surface area contributed by atoms with Crippen LogP contribution in [0.1, 0.15) is 90.1 Å². The van der Waals surface area contributed by atoms with Gasteiger partial charge in [-0.3, -0.25) is 4.79 Å². The molecule has 1 heterocycles. The molecule has 0 aliphatic heterocycles. The highest BCUT2D eigenvalue weighted by atomic mass is 19.1. The van der Waals surface area contributed by atoms with Crippen LogP contribution < -0.4 is 5.56 Å². The lowest BCUT2D eigenvalue weighted by Gasteiger charge is -2.06. The van der Waals surface area contributed by atoms with Gasteiger partial charge in [0.1, 0.15) is 6.17 Å². The van der Waals surface area contributed by atoms with Gasteiger partial charge in [0.05, 0.1) is 0 Å². The second kappa shape index (κ2) is 12.6. The maximum Gasteiger partial charge on any atom is 0.248 e. The summed E-state index contributed by atoms with van der Waals surface area (Å²) in [6.45, 7) is 7.68. The average molecular weight is 297 g/mol. The average Bonchev–Trinajstić information content (AvgIpc) is 2.48. The molecule has 2 nitrogen and oxygen atoms in total. The van der Waals surface area contributed by atoms with E-state index in [1.165, 1.54) is 51.5 Å². The molecule has 0 bridgehead atoms. The molecule has 0 amide bonds. The zero-order valence-electron chi connectivity index (χ0n) is 14.2. The number of alkyl halides is 1. The highest BCUT2D eigenvalue weighted by Gasteiger charge is 2.05. The standard InChI is InChI=1S/C16H26FNO.C2H6/c1-3-4-5-6-7-8-9-10-15-11-14(13(2)17)12-16(19)18-15;1-2/h11-13H,3-10H2,1-2H3,(H,18,19);1-2H3. The van der Waals surface area contributed by atoms with Gasteiger partial charge in [-0.15, -0.1) is 0 Å². The number of aromatic amines is 1. The fourth-order valence-corrected chi connectivity index (χ4v) is 2.26. The van der Waals surface area contributed by atoms with Crippen molar-refractivity contribution in [2.24, 2.45) is 0 Å². The highest BCUT2D eigenvalue weighted by molar-refractivity contribution is 5.18. The number of pyridine rings is 1. The van der Waals surface area contributed by atoms with Crippen LogP contribution in [0.25, 0.3) is 0 Å². The first kappa shape index (κ1) is 19.9. The van der Waals surface area contributed by atoms with E-state index in [1.807, 2.05) is 13.8 Å². The number of aryl methyl sites for hydroxylation is 1. The zero-order chi connectivity index (χ0) is 16.1. The molecule has 21 heavy (non-hydrogen) atoms. The molecule has 1 aromatic rings. The number of hydrogen-bond acceptors (Lipinski definition) is 1. The minimum atomic E-state index is -1.07. The van der Waals surface area contributed by atoms with Gasteiger partial charge in [-0.25, -0.2) is 4.39 Å². The first-order valence-electron chi connectivity index (χ1n) is 8.50. The third-order valence-electron chi connectivity index (χ3n) is 3.43. The highest BCUT2D eigenvalue weighted by Crippen LogP contribution is 2.16. The van der Waals surface area contributed by atoms with Gasteiger partial charge in [-0.05, 0) is 31.4 Å². The summed E-state index contributed by atoms with van der Waals surface area (Å²) in [6, 6.07) is 3.13. The van der Waals surface area contributed by atoms with E-state index in [-0.39, 0.29) is 5.56 Å². The third kappa shape index (κ3) is 9.43. The maximum atomic E-state index is 13.2. The molecular weight excluding hydrogens is 265 g/mol. The summed E-state index contributed by atoms with van der Waals surface area (Å²) in [4.78, 5) is 14.2. The Bertz CT molecular complexity index is 412. The summed E-state index contributed by atoms with van der Waals surface area (Å²) >= 11 is 0. The molecule has 0 saturated carbocycles. The van der Waals surface area contributed by atoms with Crippen molar-refractivity contribution in [3.05, 3.63) is 33.7 Å². The first-order chi connectivity index (χ1) is 10.1. The molecule has 1 rings (SSSR count). The van der Waals surface area contributed by atoms with Crippen molar-refractivity contribution in [2.75, 3.05) is 0 Å². The molecule has 0 aromatic carbocycles. The summed E-state index contributed by atoms with van der Waals surface area (Å²) in [5, 5.41) is 0. The predicted molar refractivity (Wildman–Crippen MR) is 89.6 cm³/mol. The largest absolute Gasteiger partial charge is 0.326 e. The van der Waals surface area contributed by atoms with Gasteiger partial charge in [0.25, 0.3) is 0 Å². The second-order valence-corrected chi connectivity index (χ2v) is 5.29. The lowest BCUT2D eigenvalue weighted by atomic mass is 10.1. The van der Waals surface area contributed by atoms with E-state index in [4.69, 9.17) is 0 Å². The van der Waals surface area contributed by atoms with Crippen molar-refractivity contribution in [1.29, 1.82) is 0 Å². The van der Waals surface area contributed by atoms with Crippen molar-refractivity contribution in [1.82, 2.24) is 4.98 Å². The van der Waals surface area contributed by atoms with Crippen LogP contribution in [0.4, 0.5) is 4.39 Å². The molecular formula is C18H32FNO. The van der Waals surface area contributed by atoms with Gasteiger partial charge in [0.2, 0.25) is 5.56 Å². The lowest BCUT2D eigenvalue weighted by Crippen LogP contribution is -2.10. The zero-order valence-corrected chi connectivity index (χ0v) is 14.2. The van der Waals surface area contributed by atoms with E-state index < -0.39 is 6.17 Å². The van der Waals surface area contributed by atoms with Crippen LogP contribution in [0.15, 0.2) is 16.9 Å². The minimum absolute atomic E-state index is 0.194. The Morgan fingerprint density at radius 2 is 1.62 bits per heavy atom. The maximum absolute atomic E-state index is 13.2. The van der Waals surface area contributed by atoms with Crippen LogP contribution in [-0.4, -0.2) is 4.98 Å². The Labute approximate surface area is 129 Å². The number of aromatic nitrogens is 1. The van der Waals surface area contributed by atoms with Crippen molar-refractivity contribution in [3.8, 4) is 0 Å². The summed E-state index contributed by atoms with van der Waals surface area (Å²) in [6.07, 6.45) is 8.48. The van der Waals surface area contributed by atoms with Gasteiger partial charge in [-0.2, -0.15) is 0 Å². The fourth-order valence-electron chi connectivity index (χ4n) is 2.26. The normalized spacial score (nSPS) is 11.7. The first-order valence-corrected chi connectivity index (χ1v) is 8.50. The van der Waals surface area contributed by atoms with Crippen LogP contribution in [0, 0.1) is 0 Å². The summed E-state index contributed by atoms with van der Waals surface area (Å²) in [5.74, 6) is 0. The van der Waals surface area contributed by atoms with Gasteiger partial charge in [0, 0.05) is 11.8 Å². The summed E-state index contributed by atoms with van der Waals surface area (Å²) < 4.78 is 13.2. The Morgan fingerprint density at radius 1 is 1.05 bits per heavy atom. The van der Waals surface area contributed by atoms with E-state index >= 15 is 0 Å². The smallest absolute Gasteiger partial charge is 0.248 e. The molecule has 1 N–H and O–H groups in total. The van der Waals surface area contributed by atoms with Crippen molar-refractivity contribution in [3.63, 3.8) is 0 Å². The monoisotopic (exact) mass is 297 g/mol. The molecule has 122 valence electrons. The third-order valence-corrected chi connectivity index (χ3v) is 3.43. The Hall–Kier alpha value is -1.12. The molecule has 1 unspecified atom stereocenters. The Morgan fingerprint density at radius 3 is 2.19 bits per heavy atom. The molecule has 0 radical (unpaired) electrons. The molecule has 0 spiro atoms. The molecule has 0 saturated heterocycles. The lowest BCUT2D eigenvalue weighted by molar-refractivity contribution is 0.373. The molecule has 0 aliphatic rings. The minimum Gasteiger partial charge on any atom is -0.326 e. The van der Waals surface area contributed by atoms with Crippen LogP contribution in [0.3, 0.4) is 0 Å². The van der Waals surface area contributed by atoms with E-state index in [0.717, 1.165) is 18.5 Å². The van der Waals surface area contributed by atoms with Crippen LogP contribution in [0.2, 0.25) is 0 Å². The number of rotatable bonds is 9. The molecule has 1 aromatic heterocycles. The molecule has 0 fully saturated rings. The topological polar surface area (TPSA) is 32.9 Å². The van der Waals surface area contributed by atoms with Crippen molar-refractivity contribution < 1.29 is 4.39 Å². The number of nitrogens with one attached hydrogen (secondary N) is 1. The van der Waals surface area contributed by atoms with Gasteiger partial charge in [0.15, 0.2) is 0 Å². The number of halogens is 1. The van der Waals surface area contributed by atoms with Crippen molar-refractivity contribution in [2.45, 2.75) is 85.2 Å². The van der Waals surface area contributed by atoms with Gasteiger partial charge >= 0.3 is 0 Å². The fraction of sp³-hybridized carbons (Fsp3) is 0.722. The molecule has 3 heteroatoms. The van der Waals surface area contributed by atoms with Gasteiger partial charge < -0.3 is 4.98 Å². The van der Waals surface area contributed by atoms with E-state index in [1.54, 1.807) is 6.07 Å². The van der Waals surface area contributed by atoms with Crippen molar-refractivity contribution >= 4 is 0 Å². The number of unbranched alkanes of at least 4 members (excludes halogenated alkanes) is 6. The number of hydrogen-bond donors (Lipinski definition) is 1. The SMILES string of the molecule is CC.CCCCCCCCCc1cc(C(C)F)cc(=O)[nH]1. The van der Waals surface area contributed by atoms with E-state index in [9.17, 15) is 9.18 Å². The number of H-pyrrole nitrogens is 1. The van der Waals surface area contributed by atoms with E-state index in [2.05, 4.69) is 11.9 Å². The predicted octanol–water partition coefficient (Wildman–Crippen LogP) is 5.72. The summed E-state index contributed by atoms with van der Waals surface area (Å²) in [7, 11) is 0. The quantitative estimate of drug-likeness (QED) is 0.580. The van der Waals surface area contributed by atoms with E-state index in [0.29, 0.717) is 5.56 Å². The van der Waals surface area contributed by atoms with Gasteiger partial charge in [-0.1, -0.05) is 59.3 Å². The van der Waals surface area contributed by atoms with Crippen LogP contribution in [-0.2, 0) is 6.42 Å². The molecule has 0 aliphatic carbocycles. The van der Waals surface area contributed by atoms with Crippen LogP contribution in [0.5, 0.6) is 0 Å².